The Balaban J connectivity index is 1.82. The maximum atomic E-state index is 13.4. The van der Waals surface area contributed by atoms with Gasteiger partial charge >= 0.3 is 6.18 Å². The second kappa shape index (κ2) is 6.11. The van der Waals surface area contributed by atoms with E-state index in [-0.39, 0.29) is 17.5 Å². The average molecular weight is 331 g/mol. The zero-order valence-corrected chi connectivity index (χ0v) is 12.4. The molecule has 1 aliphatic heterocycles. The second-order valence-corrected chi connectivity index (χ2v) is 6.11. The van der Waals surface area contributed by atoms with Crippen molar-refractivity contribution >= 4 is 5.91 Å². The maximum absolute atomic E-state index is 13.4. The molecule has 0 N–H and O–H groups in total. The van der Waals surface area contributed by atoms with Crippen molar-refractivity contribution in [3.8, 4) is 0 Å². The quantitative estimate of drug-likeness (QED) is 0.791. The molecule has 3 nitrogen and oxygen atoms in total. The molecule has 1 aromatic carbocycles. The van der Waals surface area contributed by atoms with Crippen molar-refractivity contribution in [2.75, 3.05) is 19.8 Å². The molecule has 7 heteroatoms. The summed E-state index contributed by atoms with van der Waals surface area (Å²) in [6.45, 7) is 1.68. The molecule has 1 aromatic rings. The molecule has 1 atom stereocenters. The first-order chi connectivity index (χ1) is 10.9. The minimum absolute atomic E-state index is 0.0717. The summed E-state index contributed by atoms with van der Waals surface area (Å²) in [4.78, 5) is 14.2. The van der Waals surface area contributed by atoms with Gasteiger partial charge in [-0.2, -0.15) is 13.2 Å². The first-order valence-electron chi connectivity index (χ1n) is 7.61. The van der Waals surface area contributed by atoms with E-state index < -0.39 is 23.5 Å². The molecule has 1 saturated carbocycles. The van der Waals surface area contributed by atoms with Gasteiger partial charge in [-0.05, 0) is 37.5 Å². The summed E-state index contributed by atoms with van der Waals surface area (Å²) in [5.41, 5.74) is -1.52. The normalized spacial score (nSPS) is 21.5. The van der Waals surface area contributed by atoms with Gasteiger partial charge in [-0.1, -0.05) is 0 Å². The van der Waals surface area contributed by atoms with Crippen LogP contribution in [0.4, 0.5) is 17.6 Å². The molecule has 3 rings (SSSR count). The van der Waals surface area contributed by atoms with Crippen molar-refractivity contribution in [1.82, 2.24) is 4.90 Å². The topological polar surface area (TPSA) is 29.5 Å². The maximum Gasteiger partial charge on any atom is 0.419 e. The van der Waals surface area contributed by atoms with Gasteiger partial charge in [0, 0.05) is 30.7 Å². The van der Waals surface area contributed by atoms with Gasteiger partial charge in [0.2, 0.25) is 0 Å². The van der Waals surface area contributed by atoms with E-state index in [0.29, 0.717) is 31.9 Å². The van der Waals surface area contributed by atoms with E-state index >= 15 is 0 Å². The zero-order valence-electron chi connectivity index (χ0n) is 12.4. The van der Waals surface area contributed by atoms with Crippen LogP contribution in [-0.2, 0) is 10.9 Å². The molecule has 1 unspecified atom stereocenters. The van der Waals surface area contributed by atoms with Gasteiger partial charge < -0.3 is 9.64 Å². The van der Waals surface area contributed by atoms with Crippen molar-refractivity contribution in [3.63, 3.8) is 0 Å². The molecule has 1 saturated heterocycles. The highest BCUT2D eigenvalue weighted by Crippen LogP contribution is 2.34. The Labute approximate surface area is 131 Å². The predicted molar refractivity (Wildman–Crippen MR) is 74.4 cm³/mol. The molecule has 0 radical (unpaired) electrons. The highest BCUT2D eigenvalue weighted by atomic mass is 19.4. The highest BCUT2D eigenvalue weighted by molar-refractivity contribution is 5.94. The van der Waals surface area contributed by atoms with Gasteiger partial charge in [0.15, 0.2) is 0 Å². The van der Waals surface area contributed by atoms with Gasteiger partial charge in [-0.3, -0.25) is 4.79 Å². The van der Waals surface area contributed by atoms with E-state index in [1.807, 2.05) is 0 Å². The number of nitrogens with zero attached hydrogens (tertiary/aromatic N) is 1. The van der Waals surface area contributed by atoms with E-state index in [2.05, 4.69) is 0 Å². The Bertz CT molecular complexity index is 592. The fraction of sp³-hybridized carbons (Fsp3) is 0.562. The summed E-state index contributed by atoms with van der Waals surface area (Å²) < 4.78 is 57.1. The first-order valence-corrected chi connectivity index (χ1v) is 7.61. The Morgan fingerprint density at radius 1 is 1.26 bits per heavy atom. The van der Waals surface area contributed by atoms with E-state index in [0.717, 1.165) is 25.3 Å². The number of alkyl halides is 3. The first kappa shape index (κ1) is 16.2. The third-order valence-corrected chi connectivity index (χ3v) is 4.25. The molecule has 2 aliphatic rings. The van der Waals surface area contributed by atoms with Crippen LogP contribution in [0.5, 0.6) is 0 Å². The predicted octanol–water partition coefficient (Wildman–Crippen LogP) is 3.49. The lowest BCUT2D eigenvalue weighted by molar-refractivity contribution is -0.140. The number of carbonyl (C=O) groups is 1. The van der Waals surface area contributed by atoms with Gasteiger partial charge in [0.05, 0.1) is 12.2 Å². The van der Waals surface area contributed by atoms with Crippen LogP contribution in [0.1, 0.15) is 35.2 Å². The number of ether oxygens (including phenoxy) is 1. The van der Waals surface area contributed by atoms with E-state index in [9.17, 15) is 22.4 Å². The molecule has 0 spiro atoms. The van der Waals surface area contributed by atoms with Crippen molar-refractivity contribution in [2.24, 2.45) is 5.92 Å². The summed E-state index contributed by atoms with van der Waals surface area (Å²) in [7, 11) is 0. The molecule has 1 aliphatic carbocycles. The minimum atomic E-state index is -4.82. The van der Waals surface area contributed by atoms with Crippen molar-refractivity contribution in [1.29, 1.82) is 0 Å². The van der Waals surface area contributed by atoms with Crippen molar-refractivity contribution in [2.45, 2.75) is 31.5 Å². The smallest absolute Gasteiger partial charge is 0.381 e. The number of amides is 1. The molecule has 0 bridgehead atoms. The highest BCUT2D eigenvalue weighted by Gasteiger charge is 2.38. The molecule has 126 valence electrons. The minimum Gasteiger partial charge on any atom is -0.381 e. The summed E-state index contributed by atoms with van der Waals surface area (Å²) in [5, 5.41) is 0. The largest absolute Gasteiger partial charge is 0.419 e. The van der Waals surface area contributed by atoms with E-state index in [1.165, 1.54) is 0 Å². The Morgan fingerprint density at radius 2 is 2.00 bits per heavy atom. The Kier molecular flexibility index (Phi) is 4.31. The summed E-state index contributed by atoms with van der Waals surface area (Å²) in [5.74, 6) is -1.62. The molecule has 1 heterocycles. The summed E-state index contributed by atoms with van der Waals surface area (Å²) in [6, 6.07) is 2.51. The number of benzene rings is 1. The zero-order chi connectivity index (χ0) is 16.6. The van der Waals surface area contributed by atoms with E-state index in [1.54, 1.807) is 4.90 Å². The van der Waals surface area contributed by atoms with Crippen molar-refractivity contribution < 1.29 is 27.1 Å². The van der Waals surface area contributed by atoms with Crippen LogP contribution in [0.25, 0.3) is 0 Å². The molecular weight excluding hydrogens is 314 g/mol. The van der Waals surface area contributed by atoms with Gasteiger partial charge in [0.25, 0.3) is 5.91 Å². The summed E-state index contributed by atoms with van der Waals surface area (Å²) in [6.07, 6.45) is -2.27. The van der Waals surface area contributed by atoms with Crippen LogP contribution < -0.4 is 0 Å². The number of hydrogen-bond donors (Lipinski definition) is 0. The fourth-order valence-corrected chi connectivity index (χ4v) is 2.83. The molecule has 2 fully saturated rings. The SMILES string of the molecule is O=C(c1ccc(F)c(C(F)(F)F)c1)N(CC1CCOC1)C1CC1. The third-order valence-electron chi connectivity index (χ3n) is 4.25. The fourth-order valence-electron chi connectivity index (χ4n) is 2.83. The lowest BCUT2D eigenvalue weighted by Crippen LogP contribution is -2.37. The van der Waals surface area contributed by atoms with Gasteiger partial charge in [0.1, 0.15) is 5.82 Å². The monoisotopic (exact) mass is 331 g/mol. The van der Waals surface area contributed by atoms with Crippen LogP contribution >= 0.6 is 0 Å². The Morgan fingerprint density at radius 3 is 2.57 bits per heavy atom. The van der Waals surface area contributed by atoms with Crippen LogP contribution in [0.2, 0.25) is 0 Å². The lowest BCUT2D eigenvalue weighted by atomic mass is 10.1. The second-order valence-electron chi connectivity index (χ2n) is 6.11. The average Bonchev–Trinajstić information content (AvgIpc) is 3.20. The van der Waals surface area contributed by atoms with Crippen LogP contribution in [0.15, 0.2) is 18.2 Å². The van der Waals surface area contributed by atoms with E-state index in [4.69, 9.17) is 4.74 Å². The van der Waals surface area contributed by atoms with Gasteiger partial charge in [-0.25, -0.2) is 4.39 Å². The standard InChI is InChI=1S/C16H17F4NO2/c17-14-4-1-11(7-13(14)16(18,19)20)15(22)21(12-2-3-12)8-10-5-6-23-9-10/h1,4,7,10,12H,2-3,5-6,8-9H2. The molecular formula is C16H17F4NO2. The molecule has 0 aromatic heterocycles. The number of hydrogen-bond acceptors (Lipinski definition) is 2. The number of rotatable bonds is 4. The third kappa shape index (κ3) is 3.65. The van der Waals surface area contributed by atoms with Crippen LogP contribution in [-0.4, -0.2) is 36.6 Å². The number of carbonyl (C=O) groups excluding carboxylic acids is 1. The van der Waals surface area contributed by atoms with Crippen LogP contribution in [0.3, 0.4) is 0 Å². The molecule has 23 heavy (non-hydrogen) atoms. The van der Waals surface area contributed by atoms with Crippen molar-refractivity contribution in [3.05, 3.63) is 35.1 Å². The molecule has 1 amide bonds. The van der Waals surface area contributed by atoms with Crippen LogP contribution in [0, 0.1) is 11.7 Å². The lowest BCUT2D eigenvalue weighted by Gasteiger charge is -2.25. The van der Waals surface area contributed by atoms with Gasteiger partial charge in [-0.15, -0.1) is 0 Å². The number of halogens is 4. The Hall–Kier alpha value is -1.63. The summed E-state index contributed by atoms with van der Waals surface area (Å²) >= 11 is 0.